The zero-order valence-electron chi connectivity index (χ0n) is 11.2. The van der Waals surface area contributed by atoms with E-state index in [2.05, 4.69) is 5.32 Å². The average Bonchev–Trinajstić information content (AvgIpc) is 2.71. The molecular formula is C12H22N2O4. The van der Waals surface area contributed by atoms with Gasteiger partial charge in [-0.25, -0.2) is 4.79 Å². The number of hydrogen-bond donors (Lipinski definition) is 2. The Morgan fingerprint density at radius 2 is 2.11 bits per heavy atom. The highest BCUT2D eigenvalue weighted by Crippen LogP contribution is 2.16. The molecule has 0 aromatic heterocycles. The molecule has 1 saturated heterocycles. The van der Waals surface area contributed by atoms with Crippen molar-refractivity contribution in [1.82, 2.24) is 10.2 Å². The van der Waals surface area contributed by atoms with Crippen LogP contribution in [0.15, 0.2) is 0 Å². The fraction of sp³-hybridized carbons (Fsp3) is 0.833. The van der Waals surface area contributed by atoms with Crippen LogP contribution in [0.5, 0.6) is 0 Å². The third kappa shape index (κ3) is 4.52. The fourth-order valence-corrected chi connectivity index (χ4v) is 1.92. The Morgan fingerprint density at radius 3 is 2.67 bits per heavy atom. The fourth-order valence-electron chi connectivity index (χ4n) is 1.92. The van der Waals surface area contributed by atoms with Gasteiger partial charge in [-0.2, -0.15) is 0 Å². The van der Waals surface area contributed by atoms with Crippen LogP contribution in [0.1, 0.15) is 33.6 Å². The molecule has 1 heterocycles. The number of amides is 2. The van der Waals surface area contributed by atoms with Gasteiger partial charge in [-0.3, -0.25) is 4.79 Å². The highest BCUT2D eigenvalue weighted by atomic mass is 16.6. The van der Waals surface area contributed by atoms with Crippen LogP contribution in [-0.4, -0.2) is 53.3 Å². The summed E-state index contributed by atoms with van der Waals surface area (Å²) in [5.41, 5.74) is -0.575. The predicted octanol–water partition coefficient (Wildman–Crippen LogP) is 0.494. The Kier molecular flexibility index (Phi) is 4.95. The molecule has 1 aliphatic heterocycles. The molecule has 2 N–H and O–H groups in total. The molecule has 0 bridgehead atoms. The van der Waals surface area contributed by atoms with Gasteiger partial charge in [0.2, 0.25) is 5.91 Å². The Labute approximate surface area is 107 Å². The van der Waals surface area contributed by atoms with Gasteiger partial charge in [0.05, 0.1) is 12.6 Å². The molecule has 1 aliphatic rings. The normalized spacial score (nSPS) is 19.8. The number of carbonyl (C=O) groups is 2. The second kappa shape index (κ2) is 6.04. The molecule has 0 saturated carbocycles. The van der Waals surface area contributed by atoms with Gasteiger partial charge in [0.15, 0.2) is 0 Å². The van der Waals surface area contributed by atoms with E-state index < -0.39 is 11.7 Å². The number of ether oxygens (including phenoxy) is 1. The zero-order valence-corrected chi connectivity index (χ0v) is 11.2. The number of carbonyl (C=O) groups excluding carboxylic acids is 2. The number of rotatable bonds is 3. The van der Waals surface area contributed by atoms with Crippen molar-refractivity contribution >= 4 is 12.0 Å². The summed E-state index contributed by atoms with van der Waals surface area (Å²) < 4.78 is 5.03. The van der Waals surface area contributed by atoms with Crippen LogP contribution in [-0.2, 0) is 9.53 Å². The SMILES string of the molecule is CC(C)(C)OC(=O)NCC(=O)N1CCCC1CO. The van der Waals surface area contributed by atoms with E-state index in [1.165, 1.54) is 0 Å². The summed E-state index contributed by atoms with van der Waals surface area (Å²) in [7, 11) is 0. The first-order valence-electron chi connectivity index (χ1n) is 6.20. The van der Waals surface area contributed by atoms with Crippen LogP contribution in [0.2, 0.25) is 0 Å². The number of aliphatic hydroxyl groups is 1. The van der Waals surface area contributed by atoms with E-state index in [4.69, 9.17) is 9.84 Å². The van der Waals surface area contributed by atoms with Gasteiger partial charge >= 0.3 is 6.09 Å². The number of likely N-dealkylation sites (tertiary alicyclic amines) is 1. The first kappa shape index (κ1) is 14.8. The molecule has 1 rings (SSSR count). The second-order valence-corrected chi connectivity index (χ2v) is 5.42. The number of alkyl carbamates (subject to hydrolysis) is 1. The minimum Gasteiger partial charge on any atom is -0.444 e. The van der Waals surface area contributed by atoms with Gasteiger partial charge in [-0.15, -0.1) is 0 Å². The van der Waals surface area contributed by atoms with Gasteiger partial charge in [0.25, 0.3) is 0 Å². The summed E-state index contributed by atoms with van der Waals surface area (Å²) in [5, 5.41) is 11.5. The number of nitrogens with zero attached hydrogens (tertiary/aromatic N) is 1. The maximum absolute atomic E-state index is 11.8. The quantitative estimate of drug-likeness (QED) is 0.772. The minimum atomic E-state index is -0.601. The number of hydrogen-bond acceptors (Lipinski definition) is 4. The molecular weight excluding hydrogens is 236 g/mol. The van der Waals surface area contributed by atoms with E-state index in [0.717, 1.165) is 12.8 Å². The van der Waals surface area contributed by atoms with Gasteiger partial charge in [-0.1, -0.05) is 0 Å². The largest absolute Gasteiger partial charge is 0.444 e. The summed E-state index contributed by atoms with van der Waals surface area (Å²) in [5.74, 6) is -0.183. The van der Waals surface area contributed by atoms with Crippen molar-refractivity contribution in [1.29, 1.82) is 0 Å². The lowest BCUT2D eigenvalue weighted by molar-refractivity contribution is -0.131. The van der Waals surface area contributed by atoms with E-state index in [0.29, 0.717) is 6.54 Å². The van der Waals surface area contributed by atoms with Crippen LogP contribution >= 0.6 is 0 Å². The monoisotopic (exact) mass is 258 g/mol. The Morgan fingerprint density at radius 1 is 1.44 bits per heavy atom. The topological polar surface area (TPSA) is 78.9 Å². The van der Waals surface area contributed by atoms with Crippen LogP contribution in [0.4, 0.5) is 4.79 Å². The molecule has 6 heteroatoms. The third-order valence-corrected chi connectivity index (χ3v) is 2.69. The van der Waals surface area contributed by atoms with E-state index in [1.807, 2.05) is 0 Å². The summed E-state index contributed by atoms with van der Waals surface area (Å²) in [6, 6.07) is -0.113. The first-order chi connectivity index (χ1) is 8.33. The smallest absolute Gasteiger partial charge is 0.408 e. The standard InChI is InChI=1S/C12H22N2O4/c1-12(2,3)18-11(17)13-7-10(16)14-6-4-5-9(14)8-15/h9,15H,4-8H2,1-3H3,(H,13,17). The number of nitrogens with one attached hydrogen (secondary N) is 1. The second-order valence-electron chi connectivity index (χ2n) is 5.42. The van der Waals surface area contributed by atoms with Crippen molar-refractivity contribution in [3.8, 4) is 0 Å². The molecule has 18 heavy (non-hydrogen) atoms. The summed E-state index contributed by atoms with van der Waals surface area (Å²) in [6.45, 7) is 5.80. The highest BCUT2D eigenvalue weighted by Gasteiger charge is 2.28. The maximum Gasteiger partial charge on any atom is 0.408 e. The molecule has 0 aromatic carbocycles. The molecule has 1 fully saturated rings. The molecule has 0 aromatic rings. The summed E-state index contributed by atoms with van der Waals surface area (Å²) >= 11 is 0. The zero-order chi connectivity index (χ0) is 13.8. The van der Waals surface area contributed by atoms with Crippen LogP contribution in [0.3, 0.4) is 0 Å². The van der Waals surface area contributed by atoms with Gasteiger partial charge < -0.3 is 20.1 Å². The highest BCUT2D eigenvalue weighted by molar-refractivity contribution is 5.82. The van der Waals surface area contributed by atoms with Crippen molar-refractivity contribution in [3.63, 3.8) is 0 Å². The Balaban J connectivity index is 2.35. The van der Waals surface area contributed by atoms with Crippen molar-refractivity contribution < 1.29 is 19.4 Å². The van der Waals surface area contributed by atoms with E-state index in [-0.39, 0.29) is 25.1 Å². The molecule has 2 amide bonds. The predicted molar refractivity (Wildman–Crippen MR) is 66.1 cm³/mol. The lowest BCUT2D eigenvalue weighted by Gasteiger charge is -2.24. The van der Waals surface area contributed by atoms with E-state index in [1.54, 1.807) is 25.7 Å². The molecule has 6 nitrogen and oxygen atoms in total. The molecule has 1 atom stereocenters. The minimum absolute atomic E-state index is 0.0296. The molecule has 0 radical (unpaired) electrons. The van der Waals surface area contributed by atoms with Crippen LogP contribution in [0, 0.1) is 0 Å². The van der Waals surface area contributed by atoms with Gasteiger partial charge in [0, 0.05) is 6.54 Å². The Bertz CT molecular complexity index is 312. The number of aliphatic hydroxyl groups excluding tert-OH is 1. The van der Waals surface area contributed by atoms with Crippen LogP contribution in [0.25, 0.3) is 0 Å². The van der Waals surface area contributed by atoms with Crippen molar-refractivity contribution in [2.75, 3.05) is 19.7 Å². The summed E-state index contributed by atoms with van der Waals surface area (Å²) in [4.78, 5) is 24.8. The first-order valence-corrected chi connectivity index (χ1v) is 6.20. The van der Waals surface area contributed by atoms with Crippen molar-refractivity contribution in [3.05, 3.63) is 0 Å². The third-order valence-electron chi connectivity index (χ3n) is 2.69. The maximum atomic E-state index is 11.8. The van der Waals surface area contributed by atoms with Crippen molar-refractivity contribution in [2.45, 2.75) is 45.3 Å². The molecule has 1 unspecified atom stereocenters. The molecule has 0 spiro atoms. The Hall–Kier alpha value is -1.30. The lowest BCUT2D eigenvalue weighted by Crippen LogP contribution is -2.44. The molecule has 104 valence electrons. The average molecular weight is 258 g/mol. The lowest BCUT2D eigenvalue weighted by atomic mass is 10.2. The van der Waals surface area contributed by atoms with Gasteiger partial charge in [-0.05, 0) is 33.6 Å². The molecule has 0 aliphatic carbocycles. The van der Waals surface area contributed by atoms with E-state index >= 15 is 0 Å². The van der Waals surface area contributed by atoms with Crippen molar-refractivity contribution in [2.24, 2.45) is 0 Å². The van der Waals surface area contributed by atoms with Gasteiger partial charge in [0.1, 0.15) is 12.1 Å². The van der Waals surface area contributed by atoms with Crippen LogP contribution < -0.4 is 5.32 Å². The van der Waals surface area contributed by atoms with E-state index in [9.17, 15) is 9.59 Å². The summed E-state index contributed by atoms with van der Waals surface area (Å²) in [6.07, 6.45) is 1.11.